The first-order chi connectivity index (χ1) is 14.9. The molecule has 2 aromatic heterocycles. The number of benzene rings is 1. The molecule has 0 unspecified atom stereocenters. The Morgan fingerprint density at radius 2 is 1.84 bits per heavy atom. The van der Waals surface area contributed by atoms with Gasteiger partial charge in [0, 0.05) is 41.7 Å². The van der Waals surface area contributed by atoms with E-state index in [1.54, 1.807) is 44.6 Å². The summed E-state index contributed by atoms with van der Waals surface area (Å²) < 4.78 is 5.95. The highest BCUT2D eigenvalue weighted by Crippen LogP contribution is 2.28. The number of amides is 1. The van der Waals surface area contributed by atoms with Crippen molar-refractivity contribution >= 4 is 17.4 Å². The zero-order chi connectivity index (χ0) is 23.0. The van der Waals surface area contributed by atoms with Crippen LogP contribution < -0.4 is 15.8 Å². The van der Waals surface area contributed by atoms with Crippen LogP contribution in [-0.2, 0) is 6.42 Å². The Bertz CT molecular complexity index is 1080. The Morgan fingerprint density at radius 1 is 1.10 bits per heavy atom. The van der Waals surface area contributed by atoms with Gasteiger partial charge < -0.3 is 21.2 Å². The number of nitrogens with two attached hydrogens (primary N) is 1. The molecule has 0 aliphatic heterocycles. The van der Waals surface area contributed by atoms with Gasteiger partial charge in [-0.1, -0.05) is 26.8 Å². The molecule has 3 rings (SSSR count). The molecule has 4 N–H and O–H groups in total. The number of hydrogen-bond acceptors (Lipinski definition) is 6. The van der Waals surface area contributed by atoms with E-state index in [0.717, 1.165) is 16.8 Å². The number of carbonyl (C=O) groups is 1. The Labute approximate surface area is 183 Å². The number of nitrogens with one attached hydrogen (secondary N) is 2. The second kappa shape index (κ2) is 10.9. The summed E-state index contributed by atoms with van der Waals surface area (Å²) in [5.74, 6) is 1.32. The number of aromatic nitrogens is 2. The molecule has 7 nitrogen and oxygen atoms in total. The Balaban J connectivity index is 0.00000166. The number of rotatable bonds is 7. The number of pyridine rings is 2. The molecule has 31 heavy (non-hydrogen) atoms. The molecule has 1 amide bonds. The number of hydrogen-bond donors (Lipinski definition) is 3. The first-order valence-electron chi connectivity index (χ1n) is 10.2. The molecule has 0 spiro atoms. The first-order valence-corrected chi connectivity index (χ1v) is 10.2. The monoisotopic (exact) mass is 419 g/mol. The van der Waals surface area contributed by atoms with E-state index in [2.05, 4.69) is 15.3 Å². The van der Waals surface area contributed by atoms with Crippen molar-refractivity contribution in [2.75, 3.05) is 12.4 Å². The van der Waals surface area contributed by atoms with Gasteiger partial charge in [0.25, 0.3) is 0 Å². The largest absolute Gasteiger partial charge is 0.456 e. The van der Waals surface area contributed by atoms with Crippen LogP contribution in [0.5, 0.6) is 11.5 Å². The molecular weight excluding hydrogens is 390 g/mol. The van der Waals surface area contributed by atoms with Gasteiger partial charge in [-0.25, -0.2) is 4.98 Å². The number of aryl methyl sites for hydroxylation is 1. The fourth-order valence-electron chi connectivity index (χ4n) is 3.04. The van der Waals surface area contributed by atoms with Crippen LogP contribution in [-0.4, -0.2) is 28.6 Å². The average molecular weight is 420 g/mol. The molecule has 0 fully saturated rings. The van der Waals surface area contributed by atoms with Crippen LogP contribution in [0.15, 0.2) is 48.8 Å². The van der Waals surface area contributed by atoms with Crippen molar-refractivity contribution in [2.24, 2.45) is 5.73 Å². The van der Waals surface area contributed by atoms with E-state index in [9.17, 15) is 4.79 Å². The molecule has 0 aliphatic carbocycles. The van der Waals surface area contributed by atoms with Crippen molar-refractivity contribution in [1.29, 1.82) is 5.41 Å². The minimum absolute atomic E-state index is 0.393. The van der Waals surface area contributed by atoms with Crippen LogP contribution in [0.3, 0.4) is 0 Å². The number of nitrogens with zero attached hydrogens (tertiary/aromatic N) is 2. The highest BCUT2D eigenvalue weighted by Gasteiger charge is 2.11. The van der Waals surface area contributed by atoms with Crippen LogP contribution in [0.4, 0.5) is 5.82 Å². The topological polar surface area (TPSA) is 114 Å². The smallest absolute Gasteiger partial charge is 0.248 e. The maximum Gasteiger partial charge on any atom is 0.248 e. The van der Waals surface area contributed by atoms with Gasteiger partial charge in [0.2, 0.25) is 5.91 Å². The lowest BCUT2D eigenvalue weighted by atomic mass is 9.99. The van der Waals surface area contributed by atoms with E-state index in [1.807, 2.05) is 39.0 Å². The molecular formula is C24H29N5O2. The summed E-state index contributed by atoms with van der Waals surface area (Å²) in [5, 5.41) is 10.9. The molecule has 162 valence electrons. The van der Waals surface area contributed by atoms with Crippen molar-refractivity contribution in [3.05, 3.63) is 65.5 Å². The van der Waals surface area contributed by atoms with Gasteiger partial charge in [0.1, 0.15) is 17.3 Å². The van der Waals surface area contributed by atoms with Gasteiger partial charge in [-0.3, -0.25) is 9.78 Å². The SMILES string of the molecule is CC.CCc1cc(-c2cc(Oc3cnc(NC)c(C(C)=N)c3)ccn2)ccc1C(N)=O. The summed E-state index contributed by atoms with van der Waals surface area (Å²) >= 11 is 0. The van der Waals surface area contributed by atoms with E-state index in [4.69, 9.17) is 15.9 Å². The Morgan fingerprint density at radius 3 is 2.45 bits per heavy atom. The van der Waals surface area contributed by atoms with Crippen LogP contribution >= 0.6 is 0 Å². The normalized spacial score (nSPS) is 9.97. The van der Waals surface area contributed by atoms with Crippen molar-refractivity contribution in [1.82, 2.24) is 9.97 Å². The van der Waals surface area contributed by atoms with E-state index in [0.29, 0.717) is 40.6 Å². The summed E-state index contributed by atoms with van der Waals surface area (Å²) in [4.78, 5) is 20.3. The summed E-state index contributed by atoms with van der Waals surface area (Å²) in [7, 11) is 1.76. The summed E-state index contributed by atoms with van der Waals surface area (Å²) in [5.41, 5.74) is 9.50. The molecule has 3 aromatic rings. The summed E-state index contributed by atoms with van der Waals surface area (Å²) in [6.45, 7) is 7.68. The number of carbonyl (C=O) groups excluding carboxylic acids is 1. The lowest BCUT2D eigenvalue weighted by molar-refractivity contribution is 0.0999. The number of primary amides is 1. The molecule has 0 saturated heterocycles. The fourth-order valence-corrected chi connectivity index (χ4v) is 3.04. The number of ether oxygens (including phenoxy) is 1. The fraction of sp³-hybridized carbons (Fsp3) is 0.250. The summed E-state index contributed by atoms with van der Waals surface area (Å²) in [6.07, 6.45) is 3.96. The predicted molar refractivity (Wildman–Crippen MR) is 125 cm³/mol. The first kappa shape index (κ1) is 23.5. The van der Waals surface area contributed by atoms with E-state index >= 15 is 0 Å². The molecule has 0 aliphatic rings. The van der Waals surface area contributed by atoms with Crippen LogP contribution in [0.1, 0.15) is 49.2 Å². The minimum Gasteiger partial charge on any atom is -0.456 e. The lowest BCUT2D eigenvalue weighted by Crippen LogP contribution is -2.13. The van der Waals surface area contributed by atoms with Crippen molar-refractivity contribution in [3.63, 3.8) is 0 Å². The highest BCUT2D eigenvalue weighted by atomic mass is 16.5. The van der Waals surface area contributed by atoms with Crippen molar-refractivity contribution < 1.29 is 9.53 Å². The van der Waals surface area contributed by atoms with E-state index < -0.39 is 5.91 Å². The van der Waals surface area contributed by atoms with Crippen molar-refractivity contribution in [2.45, 2.75) is 34.1 Å². The van der Waals surface area contributed by atoms with Crippen LogP contribution in [0, 0.1) is 5.41 Å². The van der Waals surface area contributed by atoms with Gasteiger partial charge in [0.15, 0.2) is 0 Å². The zero-order valence-electron chi connectivity index (χ0n) is 18.6. The summed E-state index contributed by atoms with van der Waals surface area (Å²) in [6, 6.07) is 10.8. The zero-order valence-corrected chi connectivity index (χ0v) is 18.6. The molecule has 0 saturated carbocycles. The van der Waals surface area contributed by atoms with Gasteiger partial charge in [-0.2, -0.15) is 0 Å². The molecule has 0 bridgehead atoms. The Kier molecular flexibility index (Phi) is 8.25. The third kappa shape index (κ3) is 5.66. The standard InChI is InChI=1S/C22H23N5O2.C2H6/c1-4-14-9-15(5-6-18(14)21(24)28)20-11-16(7-8-26-20)29-17-10-19(13(2)23)22(25-3)27-12-17;1-2/h5-12,23H,4H2,1-3H3,(H2,24,28)(H,25,27);1-2H3. The van der Waals surface area contributed by atoms with Gasteiger partial charge in [-0.05, 0) is 43.2 Å². The lowest BCUT2D eigenvalue weighted by Gasteiger charge is -2.12. The van der Waals surface area contributed by atoms with Crippen LogP contribution in [0.25, 0.3) is 11.3 Å². The molecule has 1 aromatic carbocycles. The van der Waals surface area contributed by atoms with Gasteiger partial charge >= 0.3 is 0 Å². The second-order valence-corrected chi connectivity index (χ2v) is 6.51. The third-order valence-corrected chi connectivity index (χ3v) is 4.52. The maximum absolute atomic E-state index is 11.6. The van der Waals surface area contributed by atoms with Gasteiger partial charge in [0.05, 0.1) is 11.9 Å². The number of anilines is 1. The van der Waals surface area contributed by atoms with Crippen LogP contribution in [0.2, 0.25) is 0 Å². The molecule has 7 heteroatoms. The van der Waals surface area contributed by atoms with E-state index in [1.165, 1.54) is 0 Å². The quantitative estimate of drug-likeness (QED) is 0.464. The van der Waals surface area contributed by atoms with Crippen molar-refractivity contribution in [3.8, 4) is 22.8 Å². The molecule has 0 atom stereocenters. The third-order valence-electron chi connectivity index (χ3n) is 4.52. The maximum atomic E-state index is 11.6. The Hall–Kier alpha value is -3.74. The second-order valence-electron chi connectivity index (χ2n) is 6.51. The van der Waals surface area contributed by atoms with Gasteiger partial charge in [-0.15, -0.1) is 0 Å². The average Bonchev–Trinajstić information content (AvgIpc) is 2.80. The molecule has 0 radical (unpaired) electrons. The minimum atomic E-state index is -0.437. The predicted octanol–water partition coefficient (Wildman–Crippen LogP) is 5.05. The highest BCUT2D eigenvalue weighted by molar-refractivity contribution is 6.00. The molecule has 2 heterocycles. The van der Waals surface area contributed by atoms with E-state index in [-0.39, 0.29) is 0 Å².